The molecule has 0 bridgehead atoms. The van der Waals surface area contributed by atoms with Gasteiger partial charge >= 0.3 is 0 Å². The number of β-amino-alcohol motifs (C(OH)–C–C–N with tert-alkyl or cyclic N) is 1. The number of likely N-dealkylation sites (tertiary alicyclic amines) is 1. The molecule has 0 radical (unpaired) electrons. The fraction of sp³-hybridized carbons (Fsp3) is 0.875. The van der Waals surface area contributed by atoms with Gasteiger partial charge in [0.05, 0.1) is 24.9 Å². The minimum atomic E-state index is -0.466. The average molecular weight is 299 g/mol. The first-order chi connectivity index (χ1) is 9.81. The average Bonchev–Trinajstić information content (AvgIpc) is 2.77. The van der Waals surface area contributed by atoms with Crippen molar-refractivity contribution < 1.29 is 19.4 Å². The lowest BCUT2D eigenvalue weighted by atomic mass is 10.0. The fourth-order valence-electron chi connectivity index (χ4n) is 2.51. The molecule has 1 rings (SSSR count). The van der Waals surface area contributed by atoms with E-state index in [0.29, 0.717) is 38.8 Å². The van der Waals surface area contributed by atoms with Crippen molar-refractivity contribution in [2.75, 3.05) is 13.2 Å². The van der Waals surface area contributed by atoms with Gasteiger partial charge in [0.1, 0.15) is 5.78 Å². The van der Waals surface area contributed by atoms with E-state index in [2.05, 4.69) is 0 Å². The van der Waals surface area contributed by atoms with Gasteiger partial charge in [-0.25, -0.2) is 0 Å². The molecule has 1 heterocycles. The van der Waals surface area contributed by atoms with Crippen molar-refractivity contribution >= 4 is 11.7 Å². The molecule has 1 saturated heterocycles. The number of hydrogen-bond donors (Lipinski definition) is 1. The molecule has 1 N–H and O–H groups in total. The van der Waals surface area contributed by atoms with Crippen LogP contribution >= 0.6 is 0 Å². The van der Waals surface area contributed by atoms with E-state index >= 15 is 0 Å². The van der Waals surface area contributed by atoms with E-state index in [1.54, 1.807) is 4.90 Å². The standard InChI is InChI=1S/C16H29NO4/c1-11(2)15(19)6-5-7-16(20)17-9-14(18)8-13(17)10-21-12(3)4/h11-14,18H,5-10H2,1-4H3/t13?,14-/m0/s1. The van der Waals surface area contributed by atoms with E-state index in [1.165, 1.54) is 0 Å². The summed E-state index contributed by atoms with van der Waals surface area (Å²) in [5.41, 5.74) is 0. The Bertz CT molecular complexity index is 354. The first kappa shape index (κ1) is 18.1. The minimum absolute atomic E-state index is 0.0143. The molecule has 5 nitrogen and oxygen atoms in total. The number of carbonyl (C=O) groups is 2. The molecule has 2 atom stereocenters. The number of rotatable bonds is 8. The Morgan fingerprint density at radius 3 is 2.48 bits per heavy atom. The molecule has 1 aliphatic heterocycles. The van der Waals surface area contributed by atoms with Crippen molar-refractivity contribution in [3.05, 3.63) is 0 Å². The van der Waals surface area contributed by atoms with Crippen LogP contribution in [-0.4, -0.2) is 53.1 Å². The molecule has 21 heavy (non-hydrogen) atoms. The highest BCUT2D eigenvalue weighted by Gasteiger charge is 2.34. The first-order valence-corrected chi connectivity index (χ1v) is 7.93. The summed E-state index contributed by atoms with van der Waals surface area (Å²) in [6.07, 6.45) is 1.62. The lowest BCUT2D eigenvalue weighted by Crippen LogP contribution is -2.39. The van der Waals surface area contributed by atoms with E-state index in [-0.39, 0.29) is 29.8 Å². The quantitative estimate of drug-likeness (QED) is 0.742. The molecule has 0 aliphatic carbocycles. The lowest BCUT2D eigenvalue weighted by Gasteiger charge is -2.25. The smallest absolute Gasteiger partial charge is 0.223 e. The topological polar surface area (TPSA) is 66.8 Å². The molecule has 1 fully saturated rings. The van der Waals surface area contributed by atoms with Crippen molar-refractivity contribution in [3.8, 4) is 0 Å². The highest BCUT2D eigenvalue weighted by atomic mass is 16.5. The summed E-state index contributed by atoms with van der Waals surface area (Å²) in [6, 6.07) is -0.0456. The molecular weight excluding hydrogens is 270 g/mol. The maximum atomic E-state index is 12.2. The zero-order chi connectivity index (χ0) is 16.0. The number of aliphatic hydroxyl groups excluding tert-OH is 1. The van der Waals surface area contributed by atoms with Crippen molar-refractivity contribution in [2.24, 2.45) is 5.92 Å². The van der Waals surface area contributed by atoms with Crippen LogP contribution in [0.15, 0.2) is 0 Å². The number of carbonyl (C=O) groups excluding carboxylic acids is 2. The summed E-state index contributed by atoms with van der Waals surface area (Å²) < 4.78 is 5.57. The second-order valence-electron chi connectivity index (χ2n) is 6.45. The normalized spacial score (nSPS) is 22.3. The molecule has 122 valence electrons. The van der Waals surface area contributed by atoms with Gasteiger partial charge in [-0.2, -0.15) is 0 Å². The summed E-state index contributed by atoms with van der Waals surface area (Å²) >= 11 is 0. The monoisotopic (exact) mass is 299 g/mol. The minimum Gasteiger partial charge on any atom is -0.391 e. The number of amides is 1. The zero-order valence-electron chi connectivity index (χ0n) is 13.7. The van der Waals surface area contributed by atoms with Crippen molar-refractivity contribution in [1.29, 1.82) is 0 Å². The van der Waals surface area contributed by atoms with E-state index in [9.17, 15) is 14.7 Å². The summed E-state index contributed by atoms with van der Waals surface area (Å²) in [5.74, 6) is 0.241. The zero-order valence-corrected chi connectivity index (χ0v) is 13.7. The number of aliphatic hydroxyl groups is 1. The Labute approximate surface area is 127 Å². The van der Waals surface area contributed by atoms with E-state index in [4.69, 9.17) is 4.74 Å². The van der Waals surface area contributed by atoms with Crippen LogP contribution in [0.1, 0.15) is 53.4 Å². The highest BCUT2D eigenvalue weighted by Crippen LogP contribution is 2.20. The summed E-state index contributed by atoms with van der Waals surface area (Å²) in [6.45, 7) is 8.50. The third-order valence-electron chi connectivity index (χ3n) is 3.79. The van der Waals surface area contributed by atoms with Gasteiger partial charge in [0, 0.05) is 25.3 Å². The summed E-state index contributed by atoms with van der Waals surface area (Å²) in [7, 11) is 0. The SMILES string of the molecule is CC(C)OCC1C[C@H](O)CN1C(=O)CCCC(=O)C(C)C. The Morgan fingerprint density at radius 1 is 1.24 bits per heavy atom. The molecule has 1 unspecified atom stereocenters. The fourth-order valence-corrected chi connectivity index (χ4v) is 2.51. The van der Waals surface area contributed by atoms with Crippen LogP contribution in [0.2, 0.25) is 0 Å². The van der Waals surface area contributed by atoms with Crippen LogP contribution in [0.5, 0.6) is 0 Å². The van der Waals surface area contributed by atoms with Gasteiger partial charge in [0.2, 0.25) is 5.91 Å². The van der Waals surface area contributed by atoms with Crippen LogP contribution in [0.3, 0.4) is 0 Å². The molecule has 0 aromatic carbocycles. The highest BCUT2D eigenvalue weighted by molar-refractivity contribution is 5.81. The first-order valence-electron chi connectivity index (χ1n) is 7.93. The molecule has 0 aromatic heterocycles. The van der Waals surface area contributed by atoms with Crippen molar-refractivity contribution in [1.82, 2.24) is 4.90 Å². The Morgan fingerprint density at radius 2 is 1.90 bits per heavy atom. The molecule has 0 spiro atoms. The molecule has 5 heteroatoms. The van der Waals surface area contributed by atoms with E-state index < -0.39 is 6.10 Å². The molecule has 0 saturated carbocycles. The third-order valence-corrected chi connectivity index (χ3v) is 3.79. The van der Waals surface area contributed by atoms with Gasteiger partial charge in [-0.3, -0.25) is 9.59 Å². The number of hydrogen-bond acceptors (Lipinski definition) is 4. The molecule has 0 aromatic rings. The van der Waals surface area contributed by atoms with E-state index in [1.807, 2.05) is 27.7 Å². The van der Waals surface area contributed by atoms with Gasteiger partial charge < -0.3 is 14.7 Å². The van der Waals surface area contributed by atoms with Gasteiger partial charge in [-0.1, -0.05) is 13.8 Å². The second kappa shape index (κ2) is 8.49. The van der Waals surface area contributed by atoms with Crippen LogP contribution in [0, 0.1) is 5.92 Å². The maximum absolute atomic E-state index is 12.2. The Hall–Kier alpha value is -0.940. The Balaban J connectivity index is 2.41. The van der Waals surface area contributed by atoms with Crippen LogP contribution < -0.4 is 0 Å². The largest absolute Gasteiger partial charge is 0.391 e. The molecular formula is C16H29NO4. The van der Waals surface area contributed by atoms with E-state index in [0.717, 1.165) is 0 Å². The molecule has 1 amide bonds. The maximum Gasteiger partial charge on any atom is 0.223 e. The third kappa shape index (κ3) is 6.14. The van der Waals surface area contributed by atoms with Gasteiger partial charge in [-0.15, -0.1) is 0 Å². The van der Waals surface area contributed by atoms with Crippen LogP contribution in [-0.2, 0) is 14.3 Å². The Kier molecular flexibility index (Phi) is 7.32. The summed E-state index contributed by atoms with van der Waals surface area (Å²) in [5, 5.41) is 9.77. The van der Waals surface area contributed by atoms with Crippen molar-refractivity contribution in [3.63, 3.8) is 0 Å². The van der Waals surface area contributed by atoms with Gasteiger partial charge in [0.15, 0.2) is 0 Å². The van der Waals surface area contributed by atoms with Gasteiger partial charge in [-0.05, 0) is 26.7 Å². The predicted molar refractivity (Wildman–Crippen MR) is 80.9 cm³/mol. The number of Topliss-reactive ketones (excluding diaryl/α,β-unsaturated/α-hetero) is 1. The van der Waals surface area contributed by atoms with Crippen molar-refractivity contribution in [2.45, 2.75) is 71.6 Å². The summed E-state index contributed by atoms with van der Waals surface area (Å²) in [4.78, 5) is 25.5. The number of ether oxygens (including phenoxy) is 1. The number of nitrogens with zero attached hydrogens (tertiary/aromatic N) is 1. The van der Waals surface area contributed by atoms with Gasteiger partial charge in [0.25, 0.3) is 0 Å². The predicted octanol–water partition coefficient (Wildman–Crippen LogP) is 1.77. The second-order valence-corrected chi connectivity index (χ2v) is 6.45. The number of ketones is 1. The molecule has 1 aliphatic rings. The van der Waals surface area contributed by atoms with Crippen LogP contribution in [0.4, 0.5) is 0 Å². The lowest BCUT2D eigenvalue weighted by molar-refractivity contribution is -0.134. The van der Waals surface area contributed by atoms with Crippen LogP contribution in [0.25, 0.3) is 0 Å².